The second kappa shape index (κ2) is 3.35. The first-order valence-electron chi connectivity index (χ1n) is 8.14. The number of aromatic nitrogens is 2. The molecule has 0 spiro atoms. The van der Waals surface area contributed by atoms with E-state index in [4.69, 9.17) is 0 Å². The molecular weight excluding hydrogens is 268 g/mol. The van der Waals surface area contributed by atoms with Gasteiger partial charge in [-0.25, -0.2) is 4.57 Å². The van der Waals surface area contributed by atoms with Gasteiger partial charge in [0.2, 0.25) is 0 Å². The number of fused-ring (bicyclic) bond motifs is 1. The fourth-order valence-corrected chi connectivity index (χ4v) is 4.86. The number of hydrogen-bond donors (Lipinski definition) is 0. The van der Waals surface area contributed by atoms with Crippen molar-refractivity contribution in [2.45, 2.75) is 33.2 Å². The zero-order valence-corrected chi connectivity index (χ0v) is 12.9. The van der Waals surface area contributed by atoms with E-state index in [-0.39, 0.29) is 0 Å². The third-order valence-electron chi connectivity index (χ3n) is 5.74. The molecule has 0 atom stereocenters. The minimum Gasteiger partial charge on any atom is -0.222 e. The Bertz CT molecular complexity index is 1160. The van der Waals surface area contributed by atoms with Crippen LogP contribution in [0.3, 0.4) is 0 Å². The van der Waals surface area contributed by atoms with Gasteiger partial charge in [0.25, 0.3) is 5.65 Å². The van der Waals surface area contributed by atoms with Gasteiger partial charge in [-0.2, -0.15) is 4.40 Å². The van der Waals surface area contributed by atoms with Gasteiger partial charge in [-0.05, 0) is 25.0 Å². The molecule has 2 heteroatoms. The van der Waals surface area contributed by atoms with Crippen molar-refractivity contribution in [3.63, 3.8) is 0 Å². The molecule has 4 aromatic rings. The average Bonchev–Trinajstić information content (AvgIpc) is 3.02. The van der Waals surface area contributed by atoms with Gasteiger partial charge in [0.1, 0.15) is 17.8 Å². The van der Waals surface area contributed by atoms with Crippen molar-refractivity contribution in [1.29, 1.82) is 0 Å². The molecular formula is C20H17N2+. The Morgan fingerprint density at radius 2 is 1.91 bits per heavy atom. The summed E-state index contributed by atoms with van der Waals surface area (Å²) < 4.78 is 5.10. The molecule has 0 radical (unpaired) electrons. The lowest BCUT2D eigenvalue weighted by Gasteiger charge is -2.14. The topological polar surface area (TPSA) is 9.03 Å². The van der Waals surface area contributed by atoms with E-state index in [1.165, 1.54) is 68.2 Å². The second-order valence-electron chi connectivity index (χ2n) is 6.94. The van der Waals surface area contributed by atoms with Gasteiger partial charge in [0, 0.05) is 35.2 Å². The Kier molecular flexibility index (Phi) is 1.71. The zero-order valence-electron chi connectivity index (χ0n) is 12.9. The summed E-state index contributed by atoms with van der Waals surface area (Å²) in [6.07, 6.45) is 2.34. The second-order valence-corrected chi connectivity index (χ2v) is 6.94. The molecule has 0 N–H and O–H groups in total. The summed E-state index contributed by atoms with van der Waals surface area (Å²) in [7, 11) is 0. The number of benzene rings is 2. The van der Waals surface area contributed by atoms with E-state index in [1.807, 2.05) is 0 Å². The molecule has 0 amide bonds. The SMILES string of the molecule is Cc1cc2c3c(c1)c1cccc4c1c1n(c(C)c([n+]31)CC2)C4. The molecule has 2 nitrogen and oxygen atoms in total. The average molecular weight is 285 g/mol. The van der Waals surface area contributed by atoms with Crippen molar-refractivity contribution in [3.05, 3.63) is 58.4 Å². The normalized spacial score (nSPS) is 15.2. The molecule has 106 valence electrons. The number of imidazole rings is 1. The van der Waals surface area contributed by atoms with Crippen molar-refractivity contribution in [1.82, 2.24) is 4.57 Å². The van der Waals surface area contributed by atoms with Crippen molar-refractivity contribution >= 4 is 27.3 Å². The Balaban J connectivity index is 2.10. The molecule has 2 aliphatic heterocycles. The summed E-state index contributed by atoms with van der Waals surface area (Å²) in [6.45, 7) is 5.56. The number of aryl methyl sites for hydroxylation is 3. The maximum absolute atomic E-state index is 2.57. The number of nitrogens with zero attached hydrogens (tertiary/aromatic N) is 2. The molecule has 0 bridgehead atoms. The number of rotatable bonds is 0. The quantitative estimate of drug-likeness (QED) is 0.304. The Hall–Kier alpha value is -2.35. The molecule has 0 saturated heterocycles. The smallest absolute Gasteiger partial charge is 0.222 e. The molecule has 0 fully saturated rings. The van der Waals surface area contributed by atoms with Crippen LogP contribution < -0.4 is 4.40 Å². The lowest BCUT2D eigenvalue weighted by Crippen LogP contribution is -2.31. The summed E-state index contributed by atoms with van der Waals surface area (Å²) in [4.78, 5) is 0. The highest BCUT2D eigenvalue weighted by atomic mass is 15.2. The van der Waals surface area contributed by atoms with E-state index >= 15 is 0 Å². The first-order valence-corrected chi connectivity index (χ1v) is 8.14. The predicted molar refractivity (Wildman–Crippen MR) is 88.6 cm³/mol. The van der Waals surface area contributed by atoms with Gasteiger partial charge < -0.3 is 0 Å². The number of hydrogen-bond acceptors (Lipinski definition) is 0. The summed E-state index contributed by atoms with van der Waals surface area (Å²) >= 11 is 0. The lowest BCUT2D eigenvalue weighted by molar-refractivity contribution is -0.492. The monoisotopic (exact) mass is 285 g/mol. The van der Waals surface area contributed by atoms with Crippen molar-refractivity contribution in [2.24, 2.45) is 0 Å². The van der Waals surface area contributed by atoms with Crippen molar-refractivity contribution < 1.29 is 4.40 Å². The molecule has 22 heavy (non-hydrogen) atoms. The maximum Gasteiger partial charge on any atom is 0.295 e. The van der Waals surface area contributed by atoms with E-state index in [0.717, 1.165) is 6.54 Å². The van der Waals surface area contributed by atoms with Gasteiger partial charge >= 0.3 is 0 Å². The van der Waals surface area contributed by atoms with Crippen molar-refractivity contribution in [3.8, 4) is 0 Å². The Morgan fingerprint density at radius 1 is 1.00 bits per heavy atom. The highest BCUT2D eigenvalue weighted by Gasteiger charge is 2.35. The first-order chi connectivity index (χ1) is 10.7. The van der Waals surface area contributed by atoms with Crippen LogP contribution in [0.5, 0.6) is 0 Å². The molecule has 2 aliphatic rings. The molecule has 0 saturated carbocycles. The Morgan fingerprint density at radius 3 is 2.82 bits per heavy atom. The predicted octanol–water partition coefficient (Wildman–Crippen LogP) is 3.61. The fraction of sp³-hybridized carbons (Fsp3) is 0.250. The zero-order chi connectivity index (χ0) is 14.6. The third kappa shape index (κ3) is 1.04. The standard InChI is InChI=1S/C20H17N2/c1-11-8-13-6-7-17-12(2)21-10-14-4-3-5-15-16(9-11)19(13)22(17)20(21)18(14)15/h3-5,8-9H,6-7,10H2,1-2H3/q+1. The molecule has 6 rings (SSSR count). The minimum absolute atomic E-state index is 1.03. The van der Waals surface area contributed by atoms with E-state index in [0.29, 0.717) is 0 Å². The van der Waals surface area contributed by atoms with Gasteiger partial charge in [-0.1, -0.05) is 24.3 Å². The molecule has 0 unspecified atom stereocenters. The summed E-state index contributed by atoms with van der Waals surface area (Å²) in [5.41, 5.74) is 10.2. The largest absolute Gasteiger partial charge is 0.295 e. The van der Waals surface area contributed by atoms with Crippen LogP contribution in [0.25, 0.3) is 27.3 Å². The summed E-state index contributed by atoms with van der Waals surface area (Å²) in [6, 6.07) is 11.6. The van der Waals surface area contributed by atoms with Crippen molar-refractivity contribution in [2.75, 3.05) is 0 Å². The summed E-state index contributed by atoms with van der Waals surface area (Å²) in [5, 5.41) is 4.34. The first kappa shape index (κ1) is 11.2. The van der Waals surface area contributed by atoms with Gasteiger partial charge in [-0.3, -0.25) is 0 Å². The van der Waals surface area contributed by atoms with E-state index in [2.05, 4.69) is 53.1 Å². The number of pyridine rings is 1. The van der Waals surface area contributed by atoms with Gasteiger partial charge in [0.05, 0.1) is 5.39 Å². The van der Waals surface area contributed by atoms with Gasteiger partial charge in [-0.15, -0.1) is 0 Å². The molecule has 2 aromatic carbocycles. The molecule has 4 heterocycles. The molecule has 2 aromatic heterocycles. The maximum atomic E-state index is 2.57. The summed E-state index contributed by atoms with van der Waals surface area (Å²) in [5.74, 6) is 0. The van der Waals surface area contributed by atoms with E-state index < -0.39 is 0 Å². The fourth-order valence-electron chi connectivity index (χ4n) is 4.86. The van der Waals surface area contributed by atoms with Crippen LogP contribution in [0.1, 0.15) is 28.1 Å². The minimum atomic E-state index is 1.03. The Labute approximate surface area is 128 Å². The van der Waals surface area contributed by atoms with E-state index in [1.54, 1.807) is 0 Å². The highest BCUT2D eigenvalue weighted by molar-refractivity contribution is 6.12. The van der Waals surface area contributed by atoms with Crippen LogP contribution in [0.15, 0.2) is 30.3 Å². The highest BCUT2D eigenvalue weighted by Crippen LogP contribution is 2.38. The van der Waals surface area contributed by atoms with E-state index in [9.17, 15) is 0 Å². The van der Waals surface area contributed by atoms with Crippen LogP contribution >= 0.6 is 0 Å². The van der Waals surface area contributed by atoms with Crippen LogP contribution in [-0.4, -0.2) is 4.57 Å². The third-order valence-corrected chi connectivity index (χ3v) is 5.74. The van der Waals surface area contributed by atoms with Gasteiger partial charge in [0.15, 0.2) is 5.69 Å². The molecule has 0 aliphatic carbocycles. The van der Waals surface area contributed by atoms with Crippen LogP contribution in [-0.2, 0) is 19.4 Å². The van der Waals surface area contributed by atoms with Crippen LogP contribution in [0, 0.1) is 13.8 Å². The lowest BCUT2D eigenvalue weighted by atomic mass is 9.94. The van der Waals surface area contributed by atoms with Crippen LogP contribution in [0.2, 0.25) is 0 Å². The van der Waals surface area contributed by atoms with Crippen LogP contribution in [0.4, 0.5) is 0 Å².